The maximum atomic E-state index is 5.94. The first-order valence-corrected chi connectivity index (χ1v) is 20.3. The van der Waals surface area contributed by atoms with E-state index in [0.29, 0.717) is 0 Å². The predicted octanol–water partition coefficient (Wildman–Crippen LogP) is 13.3. The van der Waals surface area contributed by atoms with Crippen LogP contribution in [0.5, 0.6) is 0 Å². The molecule has 0 unspecified atom stereocenters. The Morgan fingerprint density at radius 3 is 1.10 bits per heavy atom. The Labute approximate surface area is 366 Å². The topological polar surface area (TPSA) is 54.0 Å². The Balaban J connectivity index is 0.00000499. The number of rotatable bonds is 4. The van der Waals surface area contributed by atoms with E-state index in [2.05, 4.69) is 177 Å². The molecule has 0 spiro atoms. The molecule has 5 heteroatoms. The zero-order valence-electron chi connectivity index (χ0n) is 36.0. The second-order valence-electron chi connectivity index (χ2n) is 16.4. The first-order valence-electron chi connectivity index (χ1n) is 20.3. The number of benzene rings is 4. The number of hydrogen-bond donors (Lipinski definition) is 0. The van der Waals surface area contributed by atoms with Crippen molar-refractivity contribution in [2.24, 2.45) is 0 Å². The summed E-state index contributed by atoms with van der Waals surface area (Å²) in [7, 11) is 0. The SMILES string of the molecule is C#Cc1cc(C)c(-c2c3ccc([n-]3)c(-c3c(C)cc(C)cc3C)c3nc([13c](-c4ccc(C)cc4)c4nc(c(-c5c(C)cc(C)cc5C)c5ccc2[n-]5)C=C4)C=C3)c(C)c1.[Zn+2]. The molecule has 9 rings (SSSR count). The van der Waals surface area contributed by atoms with Crippen LogP contribution in [0.2, 0.25) is 0 Å². The molecule has 0 radical (unpaired) electrons. The van der Waals surface area contributed by atoms with Gasteiger partial charge in [0.05, 0.1) is 22.8 Å². The number of terminal acetylenes is 1. The molecule has 0 saturated heterocycles. The molecule has 0 fully saturated rings. The molecule has 0 atom stereocenters. The van der Waals surface area contributed by atoms with E-state index in [-0.39, 0.29) is 19.5 Å². The first kappa shape index (κ1) is 40.4. The Hall–Kier alpha value is -6.34. The fourth-order valence-electron chi connectivity index (χ4n) is 9.46. The minimum Gasteiger partial charge on any atom is -0.657 e. The van der Waals surface area contributed by atoms with E-state index < -0.39 is 0 Å². The maximum Gasteiger partial charge on any atom is 2.00 e. The molecule has 3 aromatic heterocycles. The van der Waals surface area contributed by atoms with E-state index in [9.17, 15) is 0 Å². The molecule has 5 heterocycles. The van der Waals surface area contributed by atoms with Gasteiger partial charge in [-0.25, -0.2) is 9.97 Å². The molecule has 8 bridgehead atoms. The van der Waals surface area contributed by atoms with Crippen LogP contribution in [0.15, 0.2) is 84.9 Å². The van der Waals surface area contributed by atoms with Gasteiger partial charge in [0.25, 0.3) is 0 Å². The fourth-order valence-corrected chi connectivity index (χ4v) is 9.46. The normalized spacial score (nSPS) is 11.8. The number of hydrogen-bond acceptors (Lipinski definition) is 2. The zero-order valence-corrected chi connectivity index (χ0v) is 38.9. The number of fused-ring (bicyclic) bond motifs is 8. The van der Waals surface area contributed by atoms with Gasteiger partial charge in [0.2, 0.25) is 0 Å². The molecule has 60 heavy (non-hydrogen) atoms. The molecular weight excluding hydrogens is 783 g/mol. The monoisotopic (exact) mass is 827 g/mol. The van der Waals surface area contributed by atoms with Crippen molar-refractivity contribution in [3.05, 3.63) is 163 Å². The van der Waals surface area contributed by atoms with Gasteiger partial charge in [0.1, 0.15) is 0 Å². The van der Waals surface area contributed by atoms with Crippen molar-refractivity contribution in [1.29, 1.82) is 0 Å². The fraction of sp³-hybridized carbons (Fsp3) is 0.164. The van der Waals surface area contributed by atoms with Gasteiger partial charge in [0.15, 0.2) is 0 Å². The zero-order chi connectivity index (χ0) is 41.3. The third kappa shape index (κ3) is 7.00. The van der Waals surface area contributed by atoms with Crippen molar-refractivity contribution in [3.63, 3.8) is 0 Å². The summed E-state index contributed by atoms with van der Waals surface area (Å²) < 4.78 is 0. The van der Waals surface area contributed by atoms with Gasteiger partial charge >= 0.3 is 19.5 Å². The molecule has 4 nitrogen and oxygen atoms in total. The Bertz CT molecular complexity index is 2970. The van der Waals surface area contributed by atoms with Crippen molar-refractivity contribution in [1.82, 2.24) is 19.9 Å². The number of aromatic nitrogens is 4. The predicted molar refractivity (Wildman–Crippen MR) is 249 cm³/mol. The quantitative estimate of drug-likeness (QED) is 0.131. The summed E-state index contributed by atoms with van der Waals surface area (Å²) in [5.74, 6) is 2.85. The van der Waals surface area contributed by atoms with E-state index in [1.807, 2.05) is 0 Å². The van der Waals surface area contributed by atoms with E-state index >= 15 is 0 Å². The second kappa shape index (κ2) is 15.7. The van der Waals surface area contributed by atoms with Gasteiger partial charge < -0.3 is 9.97 Å². The van der Waals surface area contributed by atoms with Gasteiger partial charge in [0, 0.05) is 11.1 Å². The number of nitrogens with zero attached hydrogens (tertiary/aromatic N) is 4. The van der Waals surface area contributed by atoms with Crippen molar-refractivity contribution >= 4 is 46.4 Å². The molecule has 0 N–H and O–H groups in total. The largest absolute Gasteiger partial charge is 2.00 e. The second-order valence-corrected chi connectivity index (χ2v) is 16.4. The maximum absolute atomic E-state index is 5.94. The van der Waals surface area contributed by atoms with Crippen molar-refractivity contribution in [3.8, 4) is 56.9 Å². The standard InChI is InChI=1S/C55H46N4.Zn/c1-11-39-28-37(9)51(38(10)29-39)55-47-22-20-45(58-47)53(49-33(5)24-31(3)25-34(49)6)43-18-16-41(56-43)52(40-14-12-30(2)13-15-40)42-17-19-44(57-42)54(46-21-23-48(55)59-46)50-35(7)26-32(4)27-36(50)8;/h1,12-29H,2-10H3;/q-2;+2/i52+1;. The molecule has 4 aromatic carbocycles. The summed E-state index contributed by atoms with van der Waals surface area (Å²) in [6.07, 6.45) is 14.5. The third-order valence-electron chi connectivity index (χ3n) is 11.8. The minimum absolute atomic E-state index is 0. The average molecular weight is 829 g/mol. The Morgan fingerprint density at radius 1 is 0.383 bits per heavy atom. The smallest absolute Gasteiger partial charge is 0.657 e. The summed E-state index contributed by atoms with van der Waals surface area (Å²) in [5, 5.41) is 0. The van der Waals surface area contributed by atoms with Crippen molar-refractivity contribution in [2.75, 3.05) is 0 Å². The minimum atomic E-state index is 0. The van der Waals surface area contributed by atoms with E-state index in [0.717, 1.165) is 106 Å². The van der Waals surface area contributed by atoms with Gasteiger partial charge in [-0.3, -0.25) is 0 Å². The average Bonchev–Trinajstić information content (AvgIpc) is 4.02. The first-order chi connectivity index (χ1) is 28.4. The van der Waals surface area contributed by atoms with Crippen molar-refractivity contribution in [2.45, 2.75) is 62.3 Å². The summed E-state index contributed by atoms with van der Waals surface area (Å²) in [6.45, 7) is 19.4. The van der Waals surface area contributed by atoms with Crippen LogP contribution in [0.4, 0.5) is 0 Å². The van der Waals surface area contributed by atoms with Gasteiger partial charge in [-0.1, -0.05) is 95.4 Å². The van der Waals surface area contributed by atoms with Crippen LogP contribution in [0.3, 0.4) is 0 Å². The van der Waals surface area contributed by atoms with Crippen LogP contribution < -0.4 is 9.97 Å². The molecule has 7 aromatic rings. The van der Waals surface area contributed by atoms with E-state index in [4.69, 9.17) is 26.4 Å². The summed E-state index contributed by atoms with van der Waals surface area (Å²) in [5.41, 5.74) is 26.5. The van der Waals surface area contributed by atoms with Gasteiger partial charge in [-0.05, 0) is 171 Å². The van der Waals surface area contributed by atoms with E-state index in [1.54, 1.807) is 0 Å². The molecule has 0 amide bonds. The van der Waals surface area contributed by atoms with Crippen LogP contribution in [-0.4, -0.2) is 9.97 Å². The molecule has 0 aliphatic carbocycles. The van der Waals surface area contributed by atoms with Gasteiger partial charge in [-0.2, -0.15) is 0 Å². The molecule has 2 aliphatic heterocycles. The summed E-state index contributed by atoms with van der Waals surface area (Å²) in [6, 6.07) is 30.4. The molecule has 288 valence electrons. The summed E-state index contributed by atoms with van der Waals surface area (Å²) >= 11 is 0. The Morgan fingerprint density at radius 2 is 0.717 bits per heavy atom. The third-order valence-corrected chi connectivity index (χ3v) is 11.8. The van der Waals surface area contributed by atoms with Crippen LogP contribution in [-0.2, 0) is 19.5 Å². The van der Waals surface area contributed by atoms with Crippen LogP contribution in [0.25, 0.3) is 90.9 Å². The molecule has 2 aliphatic rings. The van der Waals surface area contributed by atoms with Crippen LogP contribution in [0, 0.1) is 74.7 Å². The van der Waals surface area contributed by atoms with Crippen molar-refractivity contribution < 1.29 is 19.5 Å². The molecule has 0 saturated carbocycles. The van der Waals surface area contributed by atoms with E-state index in [1.165, 1.54) is 38.9 Å². The van der Waals surface area contributed by atoms with Crippen LogP contribution in [0.1, 0.15) is 78.4 Å². The van der Waals surface area contributed by atoms with Gasteiger partial charge in [-0.15, -0.1) is 28.5 Å². The Kier molecular flexibility index (Phi) is 10.6. The number of aryl methyl sites for hydroxylation is 9. The molecular formula is C55H46N4Zn. The summed E-state index contributed by atoms with van der Waals surface area (Å²) in [4.78, 5) is 22.1. The van der Waals surface area contributed by atoms with Crippen LogP contribution >= 0.6 is 0 Å².